The highest BCUT2D eigenvalue weighted by molar-refractivity contribution is 7.09. The zero-order valence-electron chi connectivity index (χ0n) is 8.73. The highest BCUT2D eigenvalue weighted by Gasteiger charge is 2.04. The van der Waals surface area contributed by atoms with Gasteiger partial charge in [0.25, 0.3) is 0 Å². The largest absolute Gasteiger partial charge is 0.348 e. The first kappa shape index (κ1) is 10.4. The summed E-state index contributed by atoms with van der Waals surface area (Å²) in [6.07, 6.45) is 4.71. The summed E-state index contributed by atoms with van der Waals surface area (Å²) >= 11 is 1.81. The lowest BCUT2D eigenvalue weighted by molar-refractivity contribution is 0.538. The van der Waals surface area contributed by atoms with Gasteiger partial charge >= 0.3 is 0 Å². The molecule has 0 radical (unpaired) electrons. The van der Waals surface area contributed by atoms with Crippen LogP contribution in [-0.2, 0) is 13.0 Å². The van der Waals surface area contributed by atoms with Gasteiger partial charge in [0.2, 0.25) is 0 Å². The summed E-state index contributed by atoms with van der Waals surface area (Å²) in [5.74, 6) is 0.994. The number of rotatable bonds is 5. The molecular weight excluding hydrogens is 206 g/mol. The molecule has 0 amide bonds. The molecule has 80 valence electrons. The van der Waals surface area contributed by atoms with E-state index < -0.39 is 0 Å². The Labute approximate surface area is 93.6 Å². The quantitative estimate of drug-likeness (QED) is 0.812. The van der Waals surface area contributed by atoms with Gasteiger partial charge in [-0.05, 0) is 24.8 Å². The van der Waals surface area contributed by atoms with Crippen LogP contribution in [0.25, 0.3) is 0 Å². The zero-order chi connectivity index (χ0) is 10.5. The lowest BCUT2D eigenvalue weighted by atomic mass is 10.2. The smallest absolute Gasteiger partial charge is 0.120 e. The van der Waals surface area contributed by atoms with Crippen LogP contribution in [0.1, 0.15) is 17.6 Å². The first-order valence-corrected chi connectivity index (χ1v) is 5.96. The molecule has 0 aromatic carbocycles. The molecule has 0 spiro atoms. The monoisotopic (exact) mass is 221 g/mol. The highest BCUT2D eigenvalue weighted by Crippen LogP contribution is 2.10. The summed E-state index contributed by atoms with van der Waals surface area (Å²) < 4.78 is 0. The number of aromatic nitrogens is 2. The second-order valence-electron chi connectivity index (χ2n) is 3.60. The molecule has 0 aliphatic heterocycles. The van der Waals surface area contributed by atoms with Crippen LogP contribution in [0, 0.1) is 0 Å². The van der Waals surface area contributed by atoms with Gasteiger partial charge < -0.3 is 10.3 Å². The summed E-state index contributed by atoms with van der Waals surface area (Å²) in [4.78, 5) is 8.68. The lowest BCUT2D eigenvalue weighted by Gasteiger charge is -2.11. The van der Waals surface area contributed by atoms with Crippen LogP contribution in [0.5, 0.6) is 0 Å². The van der Waals surface area contributed by atoms with Crippen molar-refractivity contribution in [1.29, 1.82) is 0 Å². The minimum atomic E-state index is 0.480. The van der Waals surface area contributed by atoms with E-state index in [2.05, 4.69) is 39.7 Å². The first-order valence-electron chi connectivity index (χ1n) is 5.08. The molecule has 0 aliphatic rings. The molecule has 15 heavy (non-hydrogen) atoms. The predicted octanol–water partition coefficient (Wildman–Crippen LogP) is 2.19. The van der Waals surface area contributed by atoms with E-state index in [0.29, 0.717) is 6.04 Å². The van der Waals surface area contributed by atoms with Gasteiger partial charge in [0.05, 0.1) is 6.54 Å². The Morgan fingerprint density at radius 3 is 3.20 bits per heavy atom. The highest BCUT2D eigenvalue weighted by atomic mass is 32.1. The molecule has 0 saturated carbocycles. The summed E-state index contributed by atoms with van der Waals surface area (Å²) in [5.41, 5.74) is 0. The molecule has 1 atom stereocenters. The molecule has 2 rings (SSSR count). The second-order valence-corrected chi connectivity index (χ2v) is 4.63. The number of H-pyrrole nitrogens is 1. The molecule has 0 saturated heterocycles. The number of nitrogens with one attached hydrogen (secondary N) is 2. The van der Waals surface area contributed by atoms with E-state index >= 15 is 0 Å². The van der Waals surface area contributed by atoms with Gasteiger partial charge in [-0.15, -0.1) is 11.3 Å². The SMILES string of the molecule is CC(Cc1cccs1)NCc1ncc[nH]1. The normalized spacial score (nSPS) is 12.9. The number of imidazole rings is 1. The fraction of sp³-hybridized carbons (Fsp3) is 0.364. The fourth-order valence-electron chi connectivity index (χ4n) is 1.47. The van der Waals surface area contributed by atoms with Crippen molar-refractivity contribution in [3.63, 3.8) is 0 Å². The Balaban J connectivity index is 1.76. The van der Waals surface area contributed by atoms with Gasteiger partial charge in [0, 0.05) is 23.3 Å². The number of hydrogen-bond acceptors (Lipinski definition) is 3. The van der Waals surface area contributed by atoms with E-state index in [1.165, 1.54) is 4.88 Å². The molecule has 2 aromatic heterocycles. The number of hydrogen-bond donors (Lipinski definition) is 2. The van der Waals surface area contributed by atoms with Crippen LogP contribution in [-0.4, -0.2) is 16.0 Å². The number of thiophene rings is 1. The zero-order valence-corrected chi connectivity index (χ0v) is 9.55. The van der Waals surface area contributed by atoms with E-state index in [-0.39, 0.29) is 0 Å². The van der Waals surface area contributed by atoms with Crippen molar-refractivity contribution in [2.24, 2.45) is 0 Å². The average molecular weight is 221 g/mol. The topological polar surface area (TPSA) is 40.7 Å². The standard InChI is InChI=1S/C11H15N3S/c1-9(7-10-3-2-6-15-10)14-8-11-12-4-5-13-11/h2-6,9,14H,7-8H2,1H3,(H,12,13). The van der Waals surface area contributed by atoms with Crippen molar-refractivity contribution in [3.05, 3.63) is 40.6 Å². The van der Waals surface area contributed by atoms with Gasteiger partial charge in [-0.3, -0.25) is 0 Å². The van der Waals surface area contributed by atoms with Crippen molar-refractivity contribution in [1.82, 2.24) is 15.3 Å². The minimum absolute atomic E-state index is 0.480. The van der Waals surface area contributed by atoms with Gasteiger partial charge in [0.1, 0.15) is 5.82 Å². The third-order valence-corrected chi connectivity index (χ3v) is 3.16. The summed E-state index contributed by atoms with van der Waals surface area (Å²) in [5, 5.41) is 5.56. The van der Waals surface area contributed by atoms with Gasteiger partial charge in [-0.25, -0.2) is 4.98 Å². The van der Waals surface area contributed by atoms with Crippen molar-refractivity contribution < 1.29 is 0 Å². The van der Waals surface area contributed by atoms with Gasteiger partial charge in [0.15, 0.2) is 0 Å². The maximum atomic E-state index is 4.17. The second kappa shape index (κ2) is 5.09. The maximum Gasteiger partial charge on any atom is 0.120 e. The summed E-state index contributed by atoms with van der Waals surface area (Å²) in [7, 11) is 0. The Morgan fingerprint density at radius 2 is 2.53 bits per heavy atom. The Kier molecular flexibility index (Phi) is 3.53. The van der Waals surface area contributed by atoms with E-state index in [1.54, 1.807) is 6.20 Å². The van der Waals surface area contributed by atoms with Gasteiger partial charge in [-0.2, -0.15) is 0 Å². The molecule has 0 fully saturated rings. The van der Waals surface area contributed by atoms with Crippen LogP contribution in [0.4, 0.5) is 0 Å². The fourth-order valence-corrected chi connectivity index (χ4v) is 2.30. The number of nitrogens with zero attached hydrogens (tertiary/aromatic N) is 1. The Hall–Kier alpha value is -1.13. The van der Waals surface area contributed by atoms with Crippen molar-refractivity contribution >= 4 is 11.3 Å². The van der Waals surface area contributed by atoms with Crippen LogP contribution < -0.4 is 5.32 Å². The van der Waals surface area contributed by atoms with Gasteiger partial charge in [-0.1, -0.05) is 6.07 Å². The molecule has 1 unspecified atom stereocenters. The molecule has 4 heteroatoms. The molecule has 0 aliphatic carbocycles. The minimum Gasteiger partial charge on any atom is -0.348 e. The number of aromatic amines is 1. The Morgan fingerprint density at radius 1 is 1.60 bits per heavy atom. The first-order chi connectivity index (χ1) is 7.34. The van der Waals surface area contributed by atoms with Crippen molar-refractivity contribution in [2.75, 3.05) is 0 Å². The molecule has 0 bridgehead atoms. The van der Waals surface area contributed by atoms with Crippen LogP contribution >= 0.6 is 11.3 Å². The summed E-state index contributed by atoms with van der Waals surface area (Å²) in [6, 6.07) is 4.75. The molecule has 3 nitrogen and oxygen atoms in total. The third kappa shape index (κ3) is 3.18. The van der Waals surface area contributed by atoms with Crippen LogP contribution in [0.15, 0.2) is 29.9 Å². The van der Waals surface area contributed by atoms with E-state index in [1.807, 2.05) is 17.5 Å². The van der Waals surface area contributed by atoms with E-state index in [0.717, 1.165) is 18.8 Å². The van der Waals surface area contributed by atoms with Crippen molar-refractivity contribution in [2.45, 2.75) is 25.9 Å². The van der Waals surface area contributed by atoms with Crippen LogP contribution in [0.2, 0.25) is 0 Å². The van der Waals surface area contributed by atoms with Crippen LogP contribution in [0.3, 0.4) is 0 Å². The average Bonchev–Trinajstić information content (AvgIpc) is 2.86. The maximum absolute atomic E-state index is 4.17. The molecule has 2 N–H and O–H groups in total. The molecule has 2 heterocycles. The van der Waals surface area contributed by atoms with E-state index in [4.69, 9.17) is 0 Å². The van der Waals surface area contributed by atoms with E-state index in [9.17, 15) is 0 Å². The third-order valence-electron chi connectivity index (χ3n) is 2.26. The lowest BCUT2D eigenvalue weighted by Crippen LogP contribution is -2.27. The van der Waals surface area contributed by atoms with Crippen molar-refractivity contribution in [3.8, 4) is 0 Å². The summed E-state index contributed by atoms with van der Waals surface area (Å²) in [6.45, 7) is 3.00. The molecule has 2 aromatic rings. The molecular formula is C11H15N3S. The Bertz CT molecular complexity index is 366. The predicted molar refractivity (Wildman–Crippen MR) is 62.9 cm³/mol.